The van der Waals surface area contributed by atoms with Crippen LogP contribution in [0.4, 0.5) is 0 Å². The molecule has 2 atom stereocenters. The Labute approximate surface area is 145 Å². The number of phenolic OH excluding ortho intramolecular Hbond substituents is 1. The highest BCUT2D eigenvalue weighted by molar-refractivity contribution is 5.95. The third-order valence-corrected chi connectivity index (χ3v) is 5.23. The van der Waals surface area contributed by atoms with E-state index in [2.05, 4.69) is 9.97 Å². The van der Waals surface area contributed by atoms with E-state index >= 15 is 0 Å². The van der Waals surface area contributed by atoms with Crippen molar-refractivity contribution in [3.05, 3.63) is 48.0 Å². The largest absolute Gasteiger partial charge is 0.508 e. The molecule has 2 aliphatic rings. The first-order chi connectivity index (χ1) is 12.1. The summed E-state index contributed by atoms with van der Waals surface area (Å²) >= 11 is 0. The van der Waals surface area contributed by atoms with Crippen LogP contribution in [0.3, 0.4) is 0 Å². The van der Waals surface area contributed by atoms with Crippen LogP contribution >= 0.6 is 0 Å². The molecule has 1 aromatic carbocycles. The van der Waals surface area contributed by atoms with Gasteiger partial charge in [-0.05, 0) is 43.0 Å². The smallest absolute Gasteiger partial charge is 0.271 e. The summed E-state index contributed by atoms with van der Waals surface area (Å²) in [6, 6.07) is 6.55. The van der Waals surface area contributed by atoms with Crippen molar-refractivity contribution in [2.75, 3.05) is 19.6 Å². The van der Waals surface area contributed by atoms with Crippen LogP contribution in [0.5, 0.6) is 5.75 Å². The molecule has 130 valence electrons. The Morgan fingerprint density at radius 2 is 1.92 bits per heavy atom. The predicted molar refractivity (Wildman–Crippen MR) is 90.1 cm³/mol. The number of amides is 2. The highest BCUT2D eigenvalue weighted by atomic mass is 16.3. The molecular formula is C18H20N4O3. The van der Waals surface area contributed by atoms with Crippen molar-refractivity contribution >= 4 is 11.8 Å². The van der Waals surface area contributed by atoms with Crippen molar-refractivity contribution in [2.45, 2.75) is 18.9 Å². The average molecular weight is 340 g/mol. The summed E-state index contributed by atoms with van der Waals surface area (Å²) in [5.41, 5.74) is 1.10. The molecule has 0 bridgehead atoms. The van der Waals surface area contributed by atoms with Gasteiger partial charge in [-0.3, -0.25) is 9.59 Å². The standard InChI is InChI=1S/C18H20N4O3/c23-14-3-1-12(2-4-14)17(24)22-8-5-13-10-21(7-6-16(13)22)18(25)15-9-19-11-20-15/h1-4,9,11,13,16,23H,5-8,10H2,(H,19,20)/t13-,16+/m0/s1. The van der Waals surface area contributed by atoms with Gasteiger partial charge in [-0.25, -0.2) is 4.98 Å². The van der Waals surface area contributed by atoms with Crippen LogP contribution in [0.25, 0.3) is 0 Å². The number of carbonyl (C=O) groups excluding carboxylic acids is 2. The quantitative estimate of drug-likeness (QED) is 0.867. The van der Waals surface area contributed by atoms with Gasteiger partial charge >= 0.3 is 0 Å². The number of aromatic nitrogens is 2. The summed E-state index contributed by atoms with van der Waals surface area (Å²) in [7, 11) is 0. The topological polar surface area (TPSA) is 89.5 Å². The minimum atomic E-state index is -0.0285. The van der Waals surface area contributed by atoms with Crippen LogP contribution in [0.1, 0.15) is 33.7 Å². The van der Waals surface area contributed by atoms with Crippen LogP contribution in [-0.2, 0) is 0 Å². The summed E-state index contributed by atoms with van der Waals surface area (Å²) in [5, 5.41) is 9.38. The van der Waals surface area contributed by atoms with Crippen LogP contribution < -0.4 is 0 Å². The molecule has 2 amide bonds. The number of hydrogen-bond donors (Lipinski definition) is 2. The Balaban J connectivity index is 1.44. The number of phenols is 1. The fourth-order valence-corrected chi connectivity index (χ4v) is 3.93. The number of H-pyrrole nitrogens is 1. The first-order valence-electron chi connectivity index (χ1n) is 8.51. The zero-order valence-electron chi connectivity index (χ0n) is 13.8. The van der Waals surface area contributed by atoms with E-state index in [1.54, 1.807) is 18.3 Å². The first kappa shape index (κ1) is 15.7. The van der Waals surface area contributed by atoms with Gasteiger partial charge in [0.2, 0.25) is 0 Å². The summed E-state index contributed by atoms with van der Waals surface area (Å²) in [6.07, 6.45) is 4.74. The fourth-order valence-electron chi connectivity index (χ4n) is 3.93. The lowest BCUT2D eigenvalue weighted by Gasteiger charge is -2.37. The molecule has 7 nitrogen and oxygen atoms in total. The molecule has 4 rings (SSSR count). The zero-order chi connectivity index (χ0) is 17.4. The lowest BCUT2D eigenvalue weighted by molar-refractivity contribution is 0.0535. The number of piperidine rings is 1. The van der Waals surface area contributed by atoms with Gasteiger partial charge < -0.3 is 19.9 Å². The van der Waals surface area contributed by atoms with E-state index in [1.807, 2.05) is 9.80 Å². The molecule has 2 aromatic rings. The molecule has 2 N–H and O–H groups in total. The van der Waals surface area contributed by atoms with Crippen LogP contribution in [0.15, 0.2) is 36.8 Å². The molecule has 25 heavy (non-hydrogen) atoms. The number of aromatic hydroxyl groups is 1. The van der Waals surface area contributed by atoms with E-state index in [0.717, 1.165) is 12.8 Å². The van der Waals surface area contributed by atoms with E-state index < -0.39 is 0 Å². The number of rotatable bonds is 2. The molecule has 1 aromatic heterocycles. The highest BCUT2D eigenvalue weighted by Gasteiger charge is 2.41. The predicted octanol–water partition coefficient (Wildman–Crippen LogP) is 1.49. The molecule has 0 unspecified atom stereocenters. The van der Waals surface area contributed by atoms with Gasteiger partial charge in [0.15, 0.2) is 0 Å². The first-order valence-corrected chi connectivity index (χ1v) is 8.51. The van der Waals surface area contributed by atoms with E-state index in [4.69, 9.17) is 0 Å². The maximum Gasteiger partial charge on any atom is 0.271 e. The second kappa shape index (κ2) is 6.23. The molecule has 0 aliphatic carbocycles. The maximum absolute atomic E-state index is 12.8. The number of carbonyl (C=O) groups is 2. The van der Waals surface area contributed by atoms with Crippen LogP contribution in [0, 0.1) is 5.92 Å². The molecule has 2 fully saturated rings. The van der Waals surface area contributed by atoms with Gasteiger partial charge in [-0.1, -0.05) is 0 Å². The fraction of sp³-hybridized carbons (Fsp3) is 0.389. The Morgan fingerprint density at radius 3 is 2.64 bits per heavy atom. The average Bonchev–Trinajstić information content (AvgIpc) is 3.30. The van der Waals surface area contributed by atoms with E-state index in [1.165, 1.54) is 18.5 Å². The second-order valence-electron chi connectivity index (χ2n) is 6.67. The highest BCUT2D eigenvalue weighted by Crippen LogP contribution is 2.33. The van der Waals surface area contributed by atoms with Crippen molar-refractivity contribution in [1.82, 2.24) is 19.8 Å². The second-order valence-corrected chi connectivity index (χ2v) is 6.67. The lowest BCUT2D eigenvalue weighted by Crippen LogP contribution is -2.49. The van der Waals surface area contributed by atoms with E-state index in [9.17, 15) is 14.7 Å². The molecule has 7 heteroatoms. The third-order valence-electron chi connectivity index (χ3n) is 5.23. The van der Waals surface area contributed by atoms with Gasteiger partial charge in [0.25, 0.3) is 11.8 Å². The minimum Gasteiger partial charge on any atom is -0.508 e. The molecule has 3 heterocycles. The van der Waals surface area contributed by atoms with Gasteiger partial charge in [0.1, 0.15) is 11.4 Å². The molecule has 0 spiro atoms. The number of nitrogens with one attached hydrogen (secondary N) is 1. The monoisotopic (exact) mass is 340 g/mol. The SMILES string of the molecule is O=C(c1cnc[nH]1)N1CC[C@@H]2[C@@H](CCN2C(=O)c2ccc(O)cc2)C1. The van der Waals surface area contributed by atoms with Gasteiger partial charge in [-0.15, -0.1) is 0 Å². The van der Waals surface area contributed by atoms with Crippen molar-refractivity contribution in [3.8, 4) is 5.75 Å². The number of imidazole rings is 1. The summed E-state index contributed by atoms with van der Waals surface area (Å²) in [4.78, 5) is 35.8. The lowest BCUT2D eigenvalue weighted by atomic mass is 9.92. The molecule has 2 saturated heterocycles. The Kier molecular flexibility index (Phi) is 3.91. The summed E-state index contributed by atoms with van der Waals surface area (Å²) < 4.78 is 0. The maximum atomic E-state index is 12.8. The van der Waals surface area contributed by atoms with Crippen LogP contribution in [0.2, 0.25) is 0 Å². The van der Waals surface area contributed by atoms with E-state index in [-0.39, 0.29) is 23.6 Å². The zero-order valence-corrected chi connectivity index (χ0v) is 13.8. The summed E-state index contributed by atoms with van der Waals surface area (Å²) in [5.74, 6) is 0.434. The van der Waals surface area contributed by atoms with Crippen molar-refractivity contribution in [2.24, 2.45) is 5.92 Å². The minimum absolute atomic E-state index is 0.000782. The van der Waals surface area contributed by atoms with Crippen molar-refractivity contribution in [3.63, 3.8) is 0 Å². The van der Waals surface area contributed by atoms with Gasteiger partial charge in [0.05, 0.1) is 12.5 Å². The van der Waals surface area contributed by atoms with Crippen molar-refractivity contribution < 1.29 is 14.7 Å². The van der Waals surface area contributed by atoms with Crippen molar-refractivity contribution in [1.29, 1.82) is 0 Å². The van der Waals surface area contributed by atoms with E-state index in [0.29, 0.717) is 36.8 Å². The molecular weight excluding hydrogens is 320 g/mol. The number of fused-ring (bicyclic) bond motifs is 1. The van der Waals surface area contributed by atoms with Gasteiger partial charge in [-0.2, -0.15) is 0 Å². The Hall–Kier alpha value is -2.83. The number of hydrogen-bond acceptors (Lipinski definition) is 4. The molecule has 2 aliphatic heterocycles. The normalized spacial score (nSPS) is 22.7. The number of nitrogens with zero attached hydrogens (tertiary/aromatic N) is 3. The molecule has 0 saturated carbocycles. The molecule has 0 radical (unpaired) electrons. The Morgan fingerprint density at radius 1 is 1.12 bits per heavy atom. The number of likely N-dealkylation sites (tertiary alicyclic amines) is 2. The Bertz CT molecular complexity index is 772. The van der Waals surface area contributed by atoms with Gasteiger partial charge in [0, 0.05) is 31.2 Å². The number of aromatic amines is 1. The third kappa shape index (κ3) is 2.86. The van der Waals surface area contributed by atoms with Crippen LogP contribution in [-0.4, -0.2) is 62.4 Å². The number of benzene rings is 1. The summed E-state index contributed by atoms with van der Waals surface area (Å²) in [6.45, 7) is 2.02.